The van der Waals surface area contributed by atoms with Crippen LogP contribution in [0.2, 0.25) is 15.8 Å². The Morgan fingerprint density at radius 2 is 1.00 bits per heavy atom. The third-order valence-electron chi connectivity index (χ3n) is 2.41. The molecule has 16 heavy (non-hydrogen) atoms. The molecule has 0 aromatic heterocycles. The predicted octanol–water partition coefficient (Wildman–Crippen LogP) is 5.64. The minimum absolute atomic E-state index is 0.407. The van der Waals surface area contributed by atoms with Gasteiger partial charge in [-0.1, -0.05) is 81.2 Å². The molecule has 0 atom stereocenters. The van der Waals surface area contributed by atoms with Crippen LogP contribution in [0.25, 0.3) is 0 Å². The summed E-state index contributed by atoms with van der Waals surface area (Å²) in [7, 11) is 0. The van der Waals surface area contributed by atoms with Crippen molar-refractivity contribution < 1.29 is 0 Å². The second-order valence-corrected chi connectivity index (χ2v) is 9.31. The van der Waals surface area contributed by atoms with Gasteiger partial charge in [-0.25, -0.2) is 0 Å². The average molecular weight is 240 g/mol. The molecule has 96 valence electrons. The highest BCUT2D eigenvalue weighted by Crippen LogP contribution is 2.20. The molecule has 0 amide bonds. The lowest BCUT2D eigenvalue weighted by Crippen LogP contribution is -2.19. The van der Waals surface area contributed by atoms with Gasteiger partial charge in [-0.3, -0.25) is 0 Å². The largest absolute Gasteiger partial charge is 0.262 e. The van der Waals surface area contributed by atoms with Crippen LogP contribution in [-0.2, 0) is 0 Å². The Hall–Kier alpha value is 0.272. The van der Waals surface area contributed by atoms with Crippen LogP contribution in [0.15, 0.2) is 12.7 Å². The highest BCUT2D eigenvalue weighted by atomic mass is 27.2. The SMILES string of the molecule is C=CC.CC(C)[CH2][Al]([CH2]C(C)C)[CH2]C(C)C. The molecule has 0 saturated heterocycles. The average Bonchev–Trinajstić information content (AvgIpc) is 2.00. The van der Waals surface area contributed by atoms with Crippen LogP contribution in [0.4, 0.5) is 0 Å². The first-order chi connectivity index (χ1) is 7.33. The molecule has 0 unspecified atom stereocenters. The van der Waals surface area contributed by atoms with Gasteiger partial charge in [-0.05, 0) is 6.92 Å². The molecule has 0 aliphatic heterocycles. The molecule has 0 rings (SSSR count). The third kappa shape index (κ3) is 16.7. The van der Waals surface area contributed by atoms with E-state index in [0.29, 0.717) is 0 Å². The highest BCUT2D eigenvalue weighted by Gasteiger charge is 2.20. The molecule has 0 N–H and O–H groups in total. The molecule has 0 radical (unpaired) electrons. The van der Waals surface area contributed by atoms with Crippen molar-refractivity contribution in [2.24, 2.45) is 17.8 Å². The second-order valence-electron chi connectivity index (χ2n) is 6.16. The monoisotopic (exact) mass is 240 g/mol. The standard InChI is InChI=1S/3C4H9.C3H6.Al/c3*1-4(2)3;1-3-2;/h3*4H,1H2,2-3H3;3H,1H2,2H3;. The summed E-state index contributed by atoms with van der Waals surface area (Å²) in [4.78, 5) is 0. The van der Waals surface area contributed by atoms with Crippen molar-refractivity contribution >= 4 is 14.1 Å². The van der Waals surface area contributed by atoms with E-state index in [0.717, 1.165) is 17.8 Å². The Kier molecular flexibility index (Phi) is 13.7. The summed E-state index contributed by atoms with van der Waals surface area (Å²) in [5.41, 5.74) is 0. The second kappa shape index (κ2) is 11.7. The van der Waals surface area contributed by atoms with E-state index >= 15 is 0 Å². The molecule has 0 bridgehead atoms. The Bertz CT molecular complexity index is 124. The van der Waals surface area contributed by atoms with E-state index in [9.17, 15) is 0 Å². The van der Waals surface area contributed by atoms with Crippen molar-refractivity contribution in [2.45, 2.75) is 64.3 Å². The number of hydrogen-bond donors (Lipinski definition) is 0. The summed E-state index contributed by atoms with van der Waals surface area (Å²) >= 11 is -0.407. The molecule has 0 aromatic carbocycles. The first kappa shape index (κ1) is 18.6. The van der Waals surface area contributed by atoms with Gasteiger partial charge in [0.1, 0.15) is 0 Å². The quantitative estimate of drug-likeness (QED) is 0.416. The van der Waals surface area contributed by atoms with Crippen molar-refractivity contribution in [3.63, 3.8) is 0 Å². The van der Waals surface area contributed by atoms with E-state index in [1.165, 1.54) is 0 Å². The molecule has 0 aromatic rings. The van der Waals surface area contributed by atoms with Gasteiger partial charge in [0.05, 0.1) is 0 Å². The Labute approximate surface area is 109 Å². The maximum Gasteiger partial charge on any atom is 0.262 e. The summed E-state index contributed by atoms with van der Waals surface area (Å²) in [5, 5.41) is 4.66. The van der Waals surface area contributed by atoms with Gasteiger partial charge in [0.2, 0.25) is 0 Å². The summed E-state index contributed by atoms with van der Waals surface area (Å²) in [6.45, 7) is 19.5. The van der Waals surface area contributed by atoms with E-state index in [1.807, 2.05) is 6.92 Å². The van der Waals surface area contributed by atoms with E-state index in [2.05, 4.69) is 48.1 Å². The fourth-order valence-electron chi connectivity index (χ4n) is 2.29. The van der Waals surface area contributed by atoms with Crippen LogP contribution in [0.1, 0.15) is 48.5 Å². The Balaban J connectivity index is 0. The number of rotatable bonds is 6. The zero-order chi connectivity index (χ0) is 13.1. The summed E-state index contributed by atoms with van der Waals surface area (Å²) in [6.07, 6.45) is 1.75. The van der Waals surface area contributed by atoms with Crippen LogP contribution < -0.4 is 0 Å². The minimum Gasteiger partial charge on any atom is -0.103 e. The van der Waals surface area contributed by atoms with Gasteiger partial charge in [-0.15, -0.1) is 6.58 Å². The molecular weight excluding hydrogens is 207 g/mol. The zero-order valence-electron chi connectivity index (χ0n) is 12.7. The molecule has 1 heteroatoms. The van der Waals surface area contributed by atoms with Gasteiger partial charge in [0.15, 0.2) is 0 Å². The van der Waals surface area contributed by atoms with Gasteiger partial charge >= 0.3 is 0 Å². The fourth-order valence-corrected chi connectivity index (χ4v) is 6.87. The van der Waals surface area contributed by atoms with E-state index in [-0.39, 0.29) is 0 Å². The maximum atomic E-state index is 3.36. The smallest absolute Gasteiger partial charge is 0.103 e. The third-order valence-corrected chi connectivity index (χ3v) is 7.24. The molecule has 0 aliphatic rings. The summed E-state index contributed by atoms with van der Waals surface area (Å²) in [5.74, 6) is 2.78. The summed E-state index contributed by atoms with van der Waals surface area (Å²) in [6, 6.07) is 0. The topological polar surface area (TPSA) is 0 Å². The number of allylic oxidation sites excluding steroid dienone is 1. The van der Waals surface area contributed by atoms with Crippen LogP contribution in [0.5, 0.6) is 0 Å². The highest BCUT2D eigenvalue weighted by molar-refractivity contribution is 6.58. The molecular formula is C15H33Al. The van der Waals surface area contributed by atoms with Crippen LogP contribution in [0, 0.1) is 17.8 Å². The molecule has 0 aliphatic carbocycles. The summed E-state index contributed by atoms with van der Waals surface area (Å²) < 4.78 is 0. The lowest BCUT2D eigenvalue weighted by atomic mass is 10.2. The maximum absolute atomic E-state index is 3.36. The molecule has 0 saturated carbocycles. The lowest BCUT2D eigenvalue weighted by molar-refractivity contribution is 0.659. The van der Waals surface area contributed by atoms with Crippen molar-refractivity contribution in [3.8, 4) is 0 Å². The van der Waals surface area contributed by atoms with Crippen molar-refractivity contribution in [2.75, 3.05) is 0 Å². The van der Waals surface area contributed by atoms with Crippen molar-refractivity contribution in [1.29, 1.82) is 0 Å². The van der Waals surface area contributed by atoms with Gasteiger partial charge < -0.3 is 0 Å². The van der Waals surface area contributed by atoms with Gasteiger partial charge in [-0.2, -0.15) is 0 Å². The van der Waals surface area contributed by atoms with Gasteiger partial charge in [0, 0.05) is 0 Å². The van der Waals surface area contributed by atoms with Crippen molar-refractivity contribution in [3.05, 3.63) is 12.7 Å². The van der Waals surface area contributed by atoms with E-state index in [4.69, 9.17) is 0 Å². The fraction of sp³-hybridized carbons (Fsp3) is 0.867. The zero-order valence-corrected chi connectivity index (χ0v) is 13.9. The van der Waals surface area contributed by atoms with Crippen LogP contribution in [-0.4, -0.2) is 14.1 Å². The minimum atomic E-state index is -0.407. The van der Waals surface area contributed by atoms with Crippen LogP contribution >= 0.6 is 0 Å². The van der Waals surface area contributed by atoms with Crippen molar-refractivity contribution in [1.82, 2.24) is 0 Å². The predicted molar refractivity (Wildman–Crippen MR) is 80.6 cm³/mol. The van der Waals surface area contributed by atoms with E-state index in [1.54, 1.807) is 21.9 Å². The number of hydrogen-bond acceptors (Lipinski definition) is 0. The van der Waals surface area contributed by atoms with Crippen LogP contribution in [0.3, 0.4) is 0 Å². The first-order valence-corrected chi connectivity index (χ1v) is 9.35. The van der Waals surface area contributed by atoms with Gasteiger partial charge in [0.25, 0.3) is 14.1 Å². The lowest BCUT2D eigenvalue weighted by Gasteiger charge is -2.17. The normalized spacial score (nSPS) is 10.4. The first-order valence-electron chi connectivity index (χ1n) is 6.90. The molecule has 0 nitrogen and oxygen atoms in total. The molecule has 0 heterocycles. The molecule has 0 fully saturated rings. The molecule has 0 spiro atoms. The van der Waals surface area contributed by atoms with E-state index < -0.39 is 14.1 Å². The Morgan fingerprint density at radius 3 is 1.12 bits per heavy atom. The Morgan fingerprint density at radius 1 is 0.812 bits per heavy atom.